The number of hydrogen-bond donors (Lipinski definition) is 0. The van der Waals surface area contributed by atoms with E-state index < -0.39 is 5.97 Å². The van der Waals surface area contributed by atoms with Crippen molar-refractivity contribution in [1.29, 1.82) is 0 Å². The standard InChI is InChI=1S/C17H19NO3/c1-6-16(19)21-17-12-8-7-11(2)9-13(12)15(20-5)10-14(17)18(3)4/h6-10H,1H2,2-5H3. The summed E-state index contributed by atoms with van der Waals surface area (Å²) in [7, 11) is 5.41. The van der Waals surface area contributed by atoms with Gasteiger partial charge in [-0.3, -0.25) is 0 Å². The zero-order chi connectivity index (χ0) is 15.6. The lowest BCUT2D eigenvalue weighted by atomic mass is 10.0. The number of rotatable bonds is 4. The van der Waals surface area contributed by atoms with E-state index in [-0.39, 0.29) is 0 Å². The predicted molar refractivity (Wildman–Crippen MR) is 85.4 cm³/mol. The number of benzene rings is 2. The fraction of sp³-hybridized carbons (Fsp3) is 0.235. The van der Waals surface area contributed by atoms with Crippen molar-refractivity contribution in [3.63, 3.8) is 0 Å². The zero-order valence-corrected chi connectivity index (χ0v) is 12.8. The topological polar surface area (TPSA) is 38.8 Å². The van der Waals surface area contributed by atoms with Crippen LogP contribution in [0.4, 0.5) is 5.69 Å². The second kappa shape index (κ2) is 5.87. The summed E-state index contributed by atoms with van der Waals surface area (Å²) in [6.07, 6.45) is 1.16. The second-order valence-corrected chi connectivity index (χ2v) is 5.00. The van der Waals surface area contributed by atoms with Gasteiger partial charge in [0, 0.05) is 37.0 Å². The molecule has 21 heavy (non-hydrogen) atoms. The van der Waals surface area contributed by atoms with Gasteiger partial charge < -0.3 is 14.4 Å². The lowest BCUT2D eigenvalue weighted by Gasteiger charge is -2.20. The average Bonchev–Trinajstić information content (AvgIpc) is 2.46. The molecule has 0 radical (unpaired) electrons. The van der Waals surface area contributed by atoms with Gasteiger partial charge in [-0.05, 0) is 13.0 Å². The maximum atomic E-state index is 11.6. The van der Waals surface area contributed by atoms with Crippen LogP contribution in [0.1, 0.15) is 5.56 Å². The molecule has 0 aliphatic carbocycles. The Morgan fingerprint density at radius 2 is 1.95 bits per heavy atom. The molecule has 2 aromatic rings. The number of aryl methyl sites for hydroxylation is 1. The van der Waals surface area contributed by atoms with Crippen LogP contribution < -0.4 is 14.4 Å². The minimum Gasteiger partial charge on any atom is -0.496 e. The summed E-state index contributed by atoms with van der Waals surface area (Å²) < 4.78 is 10.9. The zero-order valence-electron chi connectivity index (χ0n) is 12.8. The monoisotopic (exact) mass is 285 g/mol. The molecule has 0 aliphatic heterocycles. The van der Waals surface area contributed by atoms with Crippen molar-refractivity contribution in [3.8, 4) is 11.5 Å². The first-order valence-electron chi connectivity index (χ1n) is 6.61. The lowest BCUT2D eigenvalue weighted by molar-refractivity contribution is -0.128. The lowest BCUT2D eigenvalue weighted by Crippen LogP contribution is -2.13. The van der Waals surface area contributed by atoms with Gasteiger partial charge in [-0.2, -0.15) is 0 Å². The van der Waals surface area contributed by atoms with Gasteiger partial charge >= 0.3 is 5.97 Å². The molecule has 0 fully saturated rings. The van der Waals surface area contributed by atoms with E-state index in [1.165, 1.54) is 0 Å². The Labute approximate surface area is 124 Å². The molecule has 0 aromatic heterocycles. The Morgan fingerprint density at radius 3 is 2.52 bits per heavy atom. The molecular formula is C17H19NO3. The van der Waals surface area contributed by atoms with Crippen LogP contribution in [0.5, 0.6) is 11.5 Å². The third-order valence-electron chi connectivity index (χ3n) is 3.26. The van der Waals surface area contributed by atoms with Crippen LogP contribution in [0.3, 0.4) is 0 Å². The van der Waals surface area contributed by atoms with Crippen LogP contribution in [0, 0.1) is 6.92 Å². The van der Waals surface area contributed by atoms with Gasteiger partial charge in [0.2, 0.25) is 0 Å². The van der Waals surface area contributed by atoms with E-state index in [0.717, 1.165) is 33.8 Å². The number of ether oxygens (including phenoxy) is 2. The van der Waals surface area contributed by atoms with Crippen LogP contribution >= 0.6 is 0 Å². The summed E-state index contributed by atoms with van der Waals surface area (Å²) in [6.45, 7) is 5.45. The molecule has 0 bridgehead atoms. The molecule has 0 N–H and O–H groups in total. The van der Waals surface area contributed by atoms with Crippen LogP contribution in [-0.2, 0) is 4.79 Å². The highest BCUT2D eigenvalue weighted by Gasteiger charge is 2.17. The molecule has 0 heterocycles. The van der Waals surface area contributed by atoms with Crippen molar-refractivity contribution in [1.82, 2.24) is 0 Å². The molecule has 0 saturated heterocycles. The van der Waals surface area contributed by atoms with E-state index in [2.05, 4.69) is 6.58 Å². The minimum atomic E-state index is -0.481. The Balaban J connectivity index is 2.80. The summed E-state index contributed by atoms with van der Waals surface area (Å²) in [6, 6.07) is 7.80. The number of fused-ring (bicyclic) bond motifs is 1. The van der Waals surface area contributed by atoms with Gasteiger partial charge in [0.25, 0.3) is 0 Å². The first-order valence-corrected chi connectivity index (χ1v) is 6.61. The van der Waals surface area contributed by atoms with E-state index in [1.807, 2.05) is 50.2 Å². The predicted octanol–water partition coefficient (Wildman–Crippen LogP) is 3.31. The van der Waals surface area contributed by atoms with Crippen LogP contribution in [0.2, 0.25) is 0 Å². The van der Waals surface area contributed by atoms with Crippen LogP contribution in [0.15, 0.2) is 36.9 Å². The van der Waals surface area contributed by atoms with Crippen molar-refractivity contribution in [2.75, 3.05) is 26.1 Å². The van der Waals surface area contributed by atoms with Crippen LogP contribution in [0.25, 0.3) is 10.8 Å². The molecule has 4 nitrogen and oxygen atoms in total. The molecule has 110 valence electrons. The Hall–Kier alpha value is -2.49. The van der Waals surface area contributed by atoms with E-state index in [0.29, 0.717) is 5.75 Å². The normalized spacial score (nSPS) is 10.3. The van der Waals surface area contributed by atoms with E-state index in [4.69, 9.17) is 9.47 Å². The summed E-state index contributed by atoms with van der Waals surface area (Å²) in [5.41, 5.74) is 1.89. The van der Waals surface area contributed by atoms with Crippen LogP contribution in [-0.4, -0.2) is 27.2 Å². The highest BCUT2D eigenvalue weighted by molar-refractivity contribution is 6.00. The van der Waals surface area contributed by atoms with E-state index in [1.54, 1.807) is 7.11 Å². The van der Waals surface area contributed by atoms with Gasteiger partial charge in [-0.15, -0.1) is 0 Å². The van der Waals surface area contributed by atoms with Crippen molar-refractivity contribution < 1.29 is 14.3 Å². The molecule has 0 spiro atoms. The third kappa shape index (κ3) is 2.84. The summed E-state index contributed by atoms with van der Waals surface area (Å²) in [4.78, 5) is 13.5. The number of nitrogens with zero attached hydrogens (tertiary/aromatic N) is 1. The van der Waals surface area contributed by atoms with Crippen molar-refractivity contribution >= 4 is 22.4 Å². The number of carbonyl (C=O) groups is 1. The van der Waals surface area contributed by atoms with E-state index in [9.17, 15) is 4.79 Å². The van der Waals surface area contributed by atoms with E-state index >= 15 is 0 Å². The summed E-state index contributed by atoms with van der Waals surface area (Å²) in [5, 5.41) is 1.74. The molecule has 4 heteroatoms. The van der Waals surface area contributed by atoms with Gasteiger partial charge in [0.05, 0.1) is 12.8 Å². The summed E-state index contributed by atoms with van der Waals surface area (Å²) >= 11 is 0. The second-order valence-electron chi connectivity index (χ2n) is 5.00. The molecule has 0 aliphatic rings. The first kappa shape index (κ1) is 14.9. The smallest absolute Gasteiger partial charge is 0.335 e. The molecule has 0 unspecified atom stereocenters. The summed E-state index contributed by atoms with van der Waals surface area (Å²) in [5.74, 6) is 0.779. The quantitative estimate of drug-likeness (QED) is 0.491. The molecule has 0 amide bonds. The maximum Gasteiger partial charge on any atom is 0.335 e. The van der Waals surface area contributed by atoms with Gasteiger partial charge in [-0.25, -0.2) is 4.79 Å². The molecular weight excluding hydrogens is 266 g/mol. The molecule has 2 rings (SSSR count). The van der Waals surface area contributed by atoms with Gasteiger partial charge in [0.15, 0.2) is 5.75 Å². The molecule has 0 saturated carbocycles. The number of carbonyl (C=O) groups excluding carboxylic acids is 1. The Morgan fingerprint density at radius 1 is 1.24 bits per heavy atom. The maximum absolute atomic E-state index is 11.6. The van der Waals surface area contributed by atoms with Gasteiger partial charge in [0.1, 0.15) is 5.75 Å². The van der Waals surface area contributed by atoms with Crippen molar-refractivity contribution in [3.05, 3.63) is 42.5 Å². The highest BCUT2D eigenvalue weighted by atomic mass is 16.5. The number of methoxy groups -OCH3 is 1. The van der Waals surface area contributed by atoms with Gasteiger partial charge in [-0.1, -0.05) is 24.3 Å². The average molecular weight is 285 g/mol. The number of hydrogen-bond acceptors (Lipinski definition) is 4. The fourth-order valence-electron chi connectivity index (χ4n) is 2.22. The Kier molecular flexibility index (Phi) is 4.17. The molecule has 2 aromatic carbocycles. The van der Waals surface area contributed by atoms with Crippen molar-refractivity contribution in [2.45, 2.75) is 6.92 Å². The minimum absolute atomic E-state index is 0.481. The first-order chi connectivity index (χ1) is 9.97. The van der Waals surface area contributed by atoms with Crippen molar-refractivity contribution in [2.24, 2.45) is 0 Å². The fourth-order valence-corrected chi connectivity index (χ4v) is 2.22. The largest absolute Gasteiger partial charge is 0.496 e. The molecule has 0 atom stereocenters. The highest BCUT2D eigenvalue weighted by Crippen LogP contribution is 2.41. The third-order valence-corrected chi connectivity index (χ3v) is 3.26. The SMILES string of the molecule is C=CC(=O)Oc1c(N(C)C)cc(OC)c2cc(C)ccc12. The number of anilines is 1. The number of esters is 1. The Bertz CT molecular complexity index is 705.